The van der Waals surface area contributed by atoms with Gasteiger partial charge in [-0.05, 0) is 37.7 Å². The molecule has 0 N–H and O–H groups in total. The topological polar surface area (TPSA) is 43.4 Å². The number of fused-ring (bicyclic) bond motifs is 3. The van der Waals surface area contributed by atoms with Gasteiger partial charge in [0.1, 0.15) is 5.92 Å². The summed E-state index contributed by atoms with van der Waals surface area (Å²) in [5.74, 6) is -0.624. The summed E-state index contributed by atoms with van der Waals surface area (Å²) in [6.07, 6.45) is 4.65. The number of ether oxygens (including phenoxy) is 1. The minimum absolute atomic E-state index is 0.00551. The Morgan fingerprint density at radius 3 is 2.93 bits per heavy atom. The predicted octanol–water partition coefficient (Wildman–Crippen LogP) is 1.47. The second-order valence-electron chi connectivity index (χ2n) is 3.86. The van der Waals surface area contributed by atoms with Gasteiger partial charge >= 0.3 is 5.97 Å². The van der Waals surface area contributed by atoms with Gasteiger partial charge < -0.3 is 4.74 Å². The lowest BCUT2D eigenvalue weighted by Crippen LogP contribution is -2.40. The third-order valence-electron chi connectivity index (χ3n) is 3.06. The van der Waals surface area contributed by atoms with Crippen molar-refractivity contribution in [1.29, 1.82) is 0 Å². The summed E-state index contributed by atoms with van der Waals surface area (Å²) in [7, 11) is 0. The monoisotopic (exact) mass is 194 g/mol. The number of carbonyl (C=O) groups excluding carboxylic acids is 2. The highest BCUT2D eigenvalue weighted by Gasteiger charge is 2.43. The van der Waals surface area contributed by atoms with Crippen LogP contribution >= 0.6 is 0 Å². The molecule has 0 radical (unpaired) electrons. The normalized spacial score (nSPS) is 30.1. The SMILES string of the molecule is CCOC(=O)C1C(=O)C2=CCC1CC2. The van der Waals surface area contributed by atoms with Crippen LogP contribution in [0.5, 0.6) is 0 Å². The van der Waals surface area contributed by atoms with Gasteiger partial charge in [0.05, 0.1) is 6.61 Å². The zero-order valence-corrected chi connectivity index (χ0v) is 8.29. The molecule has 14 heavy (non-hydrogen) atoms. The van der Waals surface area contributed by atoms with Crippen LogP contribution in [0.4, 0.5) is 0 Å². The van der Waals surface area contributed by atoms with Crippen LogP contribution in [0, 0.1) is 11.8 Å². The van der Waals surface area contributed by atoms with E-state index in [2.05, 4.69) is 0 Å². The standard InChI is InChI=1S/C11H14O3/c1-2-14-11(13)9-7-3-5-8(6-4-7)10(9)12/h5,7,9H,2-4,6H2,1H3. The second kappa shape index (κ2) is 3.56. The Bertz CT molecular complexity index is 304. The third kappa shape index (κ3) is 1.37. The van der Waals surface area contributed by atoms with E-state index in [-0.39, 0.29) is 17.7 Å². The largest absolute Gasteiger partial charge is 0.465 e. The molecule has 3 heteroatoms. The van der Waals surface area contributed by atoms with E-state index in [0.29, 0.717) is 6.61 Å². The number of Topliss-reactive ketones (excluding diaryl/α,β-unsaturated/α-hetero) is 1. The van der Waals surface area contributed by atoms with Crippen molar-refractivity contribution in [2.24, 2.45) is 11.8 Å². The van der Waals surface area contributed by atoms with E-state index >= 15 is 0 Å². The molecule has 0 aromatic heterocycles. The van der Waals surface area contributed by atoms with Crippen LogP contribution in [0.2, 0.25) is 0 Å². The van der Waals surface area contributed by atoms with Gasteiger partial charge in [0, 0.05) is 0 Å². The number of esters is 1. The Kier molecular flexibility index (Phi) is 2.40. The third-order valence-corrected chi connectivity index (χ3v) is 3.06. The maximum absolute atomic E-state index is 11.7. The number of carbonyl (C=O) groups is 2. The predicted molar refractivity (Wildman–Crippen MR) is 50.6 cm³/mol. The average molecular weight is 194 g/mol. The van der Waals surface area contributed by atoms with Crippen LogP contribution in [-0.2, 0) is 14.3 Å². The Morgan fingerprint density at radius 2 is 2.43 bits per heavy atom. The number of hydrogen-bond donors (Lipinski definition) is 0. The summed E-state index contributed by atoms with van der Waals surface area (Å²) in [6.45, 7) is 2.12. The number of hydrogen-bond acceptors (Lipinski definition) is 3. The first-order chi connectivity index (χ1) is 6.74. The second-order valence-corrected chi connectivity index (χ2v) is 3.86. The summed E-state index contributed by atoms with van der Waals surface area (Å²) >= 11 is 0. The van der Waals surface area contributed by atoms with Gasteiger partial charge in [-0.1, -0.05) is 6.08 Å². The molecule has 3 aliphatic carbocycles. The molecule has 76 valence electrons. The molecule has 1 saturated carbocycles. The Morgan fingerprint density at radius 1 is 1.64 bits per heavy atom. The van der Waals surface area contributed by atoms with Crippen molar-refractivity contribution < 1.29 is 14.3 Å². The average Bonchev–Trinajstić information content (AvgIpc) is 2.19. The smallest absolute Gasteiger partial charge is 0.317 e. The van der Waals surface area contributed by atoms with Crippen LogP contribution in [0.1, 0.15) is 26.2 Å². The quantitative estimate of drug-likeness (QED) is 0.494. The van der Waals surface area contributed by atoms with Crippen molar-refractivity contribution in [2.45, 2.75) is 26.2 Å². The molecule has 0 heterocycles. The van der Waals surface area contributed by atoms with Gasteiger partial charge in [-0.3, -0.25) is 9.59 Å². The molecule has 0 aromatic rings. The van der Waals surface area contributed by atoms with Gasteiger partial charge in [-0.2, -0.15) is 0 Å². The fraction of sp³-hybridized carbons (Fsp3) is 0.636. The van der Waals surface area contributed by atoms with Crippen molar-refractivity contribution in [3.8, 4) is 0 Å². The molecule has 3 rings (SSSR count). The maximum atomic E-state index is 11.7. The number of rotatable bonds is 2. The van der Waals surface area contributed by atoms with E-state index in [4.69, 9.17) is 4.74 Å². The summed E-state index contributed by atoms with van der Waals surface area (Å²) < 4.78 is 4.92. The zero-order chi connectivity index (χ0) is 10.1. The maximum Gasteiger partial charge on any atom is 0.317 e. The van der Waals surface area contributed by atoms with Gasteiger partial charge in [-0.25, -0.2) is 0 Å². The molecule has 3 nitrogen and oxygen atoms in total. The summed E-state index contributed by atoms with van der Waals surface area (Å²) in [5, 5.41) is 0. The fourth-order valence-electron chi connectivity index (χ4n) is 2.33. The lowest BCUT2D eigenvalue weighted by Gasteiger charge is -2.33. The van der Waals surface area contributed by atoms with Gasteiger partial charge in [0.25, 0.3) is 0 Å². The molecule has 0 amide bonds. The molecule has 1 fully saturated rings. The van der Waals surface area contributed by atoms with Crippen LogP contribution in [0.3, 0.4) is 0 Å². The minimum Gasteiger partial charge on any atom is -0.465 e. The van der Waals surface area contributed by atoms with E-state index in [1.54, 1.807) is 6.92 Å². The lowest BCUT2D eigenvalue weighted by molar-refractivity contribution is -0.154. The molecule has 2 bridgehead atoms. The molecule has 0 saturated heterocycles. The van der Waals surface area contributed by atoms with Crippen LogP contribution < -0.4 is 0 Å². The summed E-state index contributed by atoms with van der Waals surface area (Å²) in [4.78, 5) is 23.3. The van der Waals surface area contributed by atoms with Gasteiger partial charge in [0.15, 0.2) is 5.78 Å². The highest BCUT2D eigenvalue weighted by Crippen LogP contribution is 2.39. The Balaban J connectivity index is 2.17. The molecular weight excluding hydrogens is 180 g/mol. The molecule has 2 unspecified atom stereocenters. The van der Waals surface area contributed by atoms with Crippen LogP contribution in [-0.4, -0.2) is 18.4 Å². The van der Waals surface area contributed by atoms with E-state index < -0.39 is 5.92 Å². The van der Waals surface area contributed by atoms with E-state index in [0.717, 1.165) is 24.8 Å². The van der Waals surface area contributed by atoms with Crippen molar-refractivity contribution >= 4 is 11.8 Å². The highest BCUT2D eigenvalue weighted by molar-refractivity contribution is 6.09. The van der Waals surface area contributed by atoms with E-state index in [1.807, 2.05) is 6.08 Å². The molecule has 0 spiro atoms. The zero-order valence-electron chi connectivity index (χ0n) is 8.29. The molecule has 0 aromatic carbocycles. The van der Waals surface area contributed by atoms with Gasteiger partial charge in [-0.15, -0.1) is 0 Å². The first-order valence-electron chi connectivity index (χ1n) is 5.14. The lowest BCUT2D eigenvalue weighted by atomic mass is 9.69. The van der Waals surface area contributed by atoms with E-state index in [9.17, 15) is 9.59 Å². The van der Waals surface area contributed by atoms with Gasteiger partial charge in [0.2, 0.25) is 0 Å². The summed E-state index contributed by atoms with van der Waals surface area (Å²) in [6, 6.07) is 0. The molecule has 0 aliphatic heterocycles. The van der Waals surface area contributed by atoms with Crippen molar-refractivity contribution in [2.75, 3.05) is 6.61 Å². The first-order valence-corrected chi connectivity index (χ1v) is 5.14. The van der Waals surface area contributed by atoms with Crippen LogP contribution in [0.25, 0.3) is 0 Å². The minimum atomic E-state index is -0.497. The van der Waals surface area contributed by atoms with Crippen molar-refractivity contribution in [3.05, 3.63) is 11.6 Å². The highest BCUT2D eigenvalue weighted by atomic mass is 16.5. The van der Waals surface area contributed by atoms with Crippen molar-refractivity contribution in [1.82, 2.24) is 0 Å². The number of ketones is 1. The summed E-state index contributed by atoms with van der Waals surface area (Å²) in [5.41, 5.74) is 0.838. The van der Waals surface area contributed by atoms with E-state index in [1.165, 1.54) is 0 Å². The fourth-order valence-corrected chi connectivity index (χ4v) is 2.33. The van der Waals surface area contributed by atoms with Crippen molar-refractivity contribution in [3.63, 3.8) is 0 Å². The molecule has 3 aliphatic rings. The Labute approximate surface area is 83.1 Å². The molecular formula is C11H14O3. The van der Waals surface area contributed by atoms with Crippen LogP contribution in [0.15, 0.2) is 11.6 Å². The first kappa shape index (κ1) is 9.44. The number of allylic oxidation sites excluding steroid dienone is 2. The molecule has 2 atom stereocenters. The Hall–Kier alpha value is -1.12.